The van der Waals surface area contributed by atoms with Crippen LogP contribution in [0.25, 0.3) is 0 Å². The first-order valence-corrected chi connectivity index (χ1v) is 8.87. The number of allylic oxidation sites excluding steroid dienone is 2. The predicted octanol–water partition coefficient (Wildman–Crippen LogP) is 3.39. The standard InChI is InChI=1S/C19H29NO4/c1-18(2,3)23-16(21)15-14-12-8-7-11(9-12)13(14)10-20(15)17(22)24-19(4,5)6/h7-8,11-15H,9-10H2,1-6H3. The summed E-state index contributed by atoms with van der Waals surface area (Å²) in [6.07, 6.45) is 5.14. The van der Waals surface area contributed by atoms with Crippen LogP contribution in [0, 0.1) is 23.7 Å². The van der Waals surface area contributed by atoms with Crippen molar-refractivity contribution in [3.8, 4) is 0 Å². The van der Waals surface area contributed by atoms with Crippen molar-refractivity contribution in [3.63, 3.8) is 0 Å². The van der Waals surface area contributed by atoms with E-state index in [0.717, 1.165) is 6.42 Å². The van der Waals surface area contributed by atoms with Gasteiger partial charge in [-0.15, -0.1) is 0 Å². The molecule has 134 valence electrons. The summed E-state index contributed by atoms with van der Waals surface area (Å²) in [5, 5.41) is 0. The number of likely N-dealkylation sites (tertiary alicyclic amines) is 1. The Bertz CT molecular complexity index is 569. The molecule has 5 atom stereocenters. The molecular formula is C19H29NO4. The van der Waals surface area contributed by atoms with Gasteiger partial charge in [-0.3, -0.25) is 4.90 Å². The van der Waals surface area contributed by atoms with Crippen molar-refractivity contribution in [1.29, 1.82) is 0 Å². The van der Waals surface area contributed by atoms with Gasteiger partial charge in [-0.2, -0.15) is 0 Å². The molecule has 1 saturated heterocycles. The number of hydrogen-bond acceptors (Lipinski definition) is 4. The monoisotopic (exact) mass is 335 g/mol. The lowest BCUT2D eigenvalue weighted by Gasteiger charge is -2.32. The Morgan fingerprint density at radius 2 is 1.54 bits per heavy atom. The Labute approximate surface area is 144 Å². The third-order valence-corrected chi connectivity index (χ3v) is 5.07. The van der Waals surface area contributed by atoms with Crippen LogP contribution in [0.4, 0.5) is 4.79 Å². The molecule has 2 fully saturated rings. The average Bonchev–Trinajstić information content (AvgIpc) is 3.05. The molecule has 0 radical (unpaired) electrons. The van der Waals surface area contributed by atoms with Gasteiger partial charge in [0.1, 0.15) is 17.2 Å². The highest BCUT2D eigenvalue weighted by molar-refractivity contribution is 5.83. The molecule has 0 aromatic rings. The maximum Gasteiger partial charge on any atom is 0.411 e. The Morgan fingerprint density at radius 3 is 2.12 bits per heavy atom. The SMILES string of the molecule is CC(C)(C)OC(=O)C1C2C3C=CC(C3)C2CN1C(=O)OC(C)(C)C. The van der Waals surface area contributed by atoms with E-state index in [-0.39, 0.29) is 11.9 Å². The number of carbonyl (C=O) groups excluding carboxylic acids is 2. The number of hydrogen-bond donors (Lipinski definition) is 0. The maximum absolute atomic E-state index is 12.9. The zero-order valence-electron chi connectivity index (χ0n) is 15.5. The zero-order valence-corrected chi connectivity index (χ0v) is 15.5. The molecule has 3 rings (SSSR count). The van der Waals surface area contributed by atoms with E-state index in [1.807, 2.05) is 41.5 Å². The van der Waals surface area contributed by atoms with Crippen LogP contribution in [-0.2, 0) is 14.3 Å². The van der Waals surface area contributed by atoms with Crippen molar-refractivity contribution >= 4 is 12.1 Å². The fourth-order valence-electron chi connectivity index (χ4n) is 4.39. The molecule has 1 heterocycles. The summed E-state index contributed by atoms with van der Waals surface area (Å²) in [6.45, 7) is 11.7. The van der Waals surface area contributed by atoms with Gasteiger partial charge >= 0.3 is 12.1 Å². The van der Waals surface area contributed by atoms with Gasteiger partial charge in [0.2, 0.25) is 0 Å². The van der Waals surface area contributed by atoms with Crippen LogP contribution in [0.5, 0.6) is 0 Å². The Morgan fingerprint density at radius 1 is 0.958 bits per heavy atom. The normalized spacial score (nSPS) is 34.4. The van der Waals surface area contributed by atoms with Crippen LogP contribution in [0.15, 0.2) is 12.2 Å². The summed E-state index contributed by atoms with van der Waals surface area (Å²) in [5.74, 6) is 1.02. The van der Waals surface area contributed by atoms with Crippen molar-refractivity contribution in [2.45, 2.75) is 65.2 Å². The van der Waals surface area contributed by atoms with Crippen LogP contribution in [0.1, 0.15) is 48.0 Å². The molecular weight excluding hydrogens is 306 g/mol. The van der Waals surface area contributed by atoms with E-state index in [9.17, 15) is 9.59 Å². The van der Waals surface area contributed by atoms with E-state index in [0.29, 0.717) is 24.3 Å². The van der Waals surface area contributed by atoms with Gasteiger partial charge in [-0.25, -0.2) is 9.59 Å². The van der Waals surface area contributed by atoms with E-state index < -0.39 is 23.3 Å². The van der Waals surface area contributed by atoms with Crippen LogP contribution in [-0.4, -0.2) is 40.8 Å². The minimum absolute atomic E-state index is 0.155. The quantitative estimate of drug-likeness (QED) is 0.544. The molecule has 0 N–H and O–H groups in total. The summed E-state index contributed by atoms with van der Waals surface area (Å²) in [6, 6.07) is -0.538. The maximum atomic E-state index is 12.9. The number of fused-ring (bicyclic) bond motifs is 5. The molecule has 0 spiro atoms. The van der Waals surface area contributed by atoms with Crippen LogP contribution < -0.4 is 0 Å². The van der Waals surface area contributed by atoms with Gasteiger partial charge in [0, 0.05) is 12.5 Å². The summed E-state index contributed by atoms with van der Waals surface area (Å²) in [5.41, 5.74) is -1.15. The van der Waals surface area contributed by atoms with Crippen molar-refractivity contribution in [1.82, 2.24) is 4.90 Å². The van der Waals surface area contributed by atoms with E-state index in [1.54, 1.807) is 4.90 Å². The Kier molecular flexibility index (Phi) is 3.97. The van der Waals surface area contributed by atoms with Crippen molar-refractivity contribution in [2.24, 2.45) is 23.7 Å². The second-order valence-electron chi connectivity index (χ2n) is 9.30. The van der Waals surface area contributed by atoms with Gasteiger partial charge in [-0.1, -0.05) is 12.2 Å². The minimum Gasteiger partial charge on any atom is -0.458 e. The van der Waals surface area contributed by atoms with Crippen LogP contribution >= 0.6 is 0 Å². The van der Waals surface area contributed by atoms with Gasteiger partial charge in [0.25, 0.3) is 0 Å². The molecule has 5 nitrogen and oxygen atoms in total. The smallest absolute Gasteiger partial charge is 0.411 e. The van der Waals surface area contributed by atoms with Crippen LogP contribution in [0.2, 0.25) is 0 Å². The number of esters is 1. The van der Waals surface area contributed by atoms with Gasteiger partial charge in [-0.05, 0) is 65.7 Å². The largest absolute Gasteiger partial charge is 0.458 e. The number of nitrogens with zero attached hydrogens (tertiary/aromatic N) is 1. The second kappa shape index (κ2) is 5.50. The van der Waals surface area contributed by atoms with Crippen molar-refractivity contribution in [2.75, 3.05) is 6.54 Å². The molecule has 0 aromatic heterocycles. The number of carbonyl (C=O) groups is 2. The first kappa shape index (κ1) is 17.3. The zero-order chi connectivity index (χ0) is 17.9. The molecule has 3 aliphatic rings. The number of rotatable bonds is 1. The second-order valence-corrected chi connectivity index (χ2v) is 9.30. The Balaban J connectivity index is 1.85. The van der Waals surface area contributed by atoms with E-state index >= 15 is 0 Å². The lowest BCUT2D eigenvalue weighted by Crippen LogP contribution is -2.48. The lowest BCUT2D eigenvalue weighted by atomic mass is 9.82. The predicted molar refractivity (Wildman–Crippen MR) is 90.3 cm³/mol. The molecule has 1 saturated carbocycles. The van der Waals surface area contributed by atoms with E-state index in [2.05, 4.69) is 12.2 Å². The average molecular weight is 335 g/mol. The lowest BCUT2D eigenvalue weighted by molar-refractivity contribution is -0.162. The van der Waals surface area contributed by atoms with E-state index in [1.165, 1.54) is 0 Å². The molecule has 24 heavy (non-hydrogen) atoms. The molecule has 2 aliphatic carbocycles. The number of ether oxygens (including phenoxy) is 2. The fourth-order valence-corrected chi connectivity index (χ4v) is 4.39. The summed E-state index contributed by atoms with van der Waals surface area (Å²) < 4.78 is 11.2. The van der Waals surface area contributed by atoms with Crippen molar-refractivity contribution < 1.29 is 19.1 Å². The van der Waals surface area contributed by atoms with Gasteiger partial charge < -0.3 is 9.47 Å². The minimum atomic E-state index is -0.579. The third kappa shape index (κ3) is 3.17. The molecule has 1 aliphatic heterocycles. The van der Waals surface area contributed by atoms with Gasteiger partial charge in [0.15, 0.2) is 0 Å². The molecule has 5 unspecified atom stereocenters. The van der Waals surface area contributed by atoms with E-state index in [4.69, 9.17) is 9.47 Å². The van der Waals surface area contributed by atoms with Crippen LogP contribution in [0.3, 0.4) is 0 Å². The fraction of sp³-hybridized carbons (Fsp3) is 0.789. The first-order valence-electron chi connectivity index (χ1n) is 8.87. The molecule has 1 amide bonds. The number of amides is 1. The highest BCUT2D eigenvalue weighted by atomic mass is 16.6. The molecule has 5 heteroatoms. The summed E-state index contributed by atoms with van der Waals surface area (Å²) in [7, 11) is 0. The molecule has 2 bridgehead atoms. The summed E-state index contributed by atoms with van der Waals surface area (Å²) in [4.78, 5) is 27.2. The topological polar surface area (TPSA) is 55.8 Å². The first-order chi connectivity index (χ1) is 11.0. The highest BCUT2D eigenvalue weighted by Gasteiger charge is 2.59. The summed E-state index contributed by atoms with van der Waals surface area (Å²) >= 11 is 0. The van der Waals surface area contributed by atoms with Gasteiger partial charge in [0.05, 0.1) is 0 Å². The highest BCUT2D eigenvalue weighted by Crippen LogP contribution is 2.54. The van der Waals surface area contributed by atoms with Crippen molar-refractivity contribution in [3.05, 3.63) is 12.2 Å². The Hall–Kier alpha value is -1.52. The third-order valence-electron chi connectivity index (χ3n) is 5.07. The molecule has 0 aromatic carbocycles.